The minimum absolute atomic E-state index is 0.0117. The number of nitrogen functional groups attached to an aromatic ring is 1. The average molecular weight is 749 g/mol. The molecule has 0 bridgehead atoms. The fraction of sp³-hybridized carbons (Fsp3) is 0.150. The van der Waals surface area contributed by atoms with Gasteiger partial charge in [-0.3, -0.25) is 24.0 Å². The number of nitrogens with one attached hydrogen (secondary N) is 4. The van der Waals surface area contributed by atoms with Gasteiger partial charge in [0.25, 0.3) is 17.7 Å². The van der Waals surface area contributed by atoms with Crippen LogP contribution in [-0.2, 0) is 14.3 Å². The van der Waals surface area contributed by atoms with Crippen molar-refractivity contribution in [3.8, 4) is 11.5 Å². The minimum atomic E-state index is -1.29. The predicted octanol–water partition coefficient (Wildman–Crippen LogP) is 4.69. The molecule has 0 saturated heterocycles. The van der Waals surface area contributed by atoms with Gasteiger partial charge in [-0.1, -0.05) is 25.3 Å². The Morgan fingerprint density at radius 1 is 0.673 bits per heavy atom. The lowest BCUT2D eigenvalue weighted by Gasteiger charge is -2.19. The van der Waals surface area contributed by atoms with Crippen LogP contribution in [0, 0.1) is 0 Å². The molecule has 284 valence electrons. The molecule has 0 aromatic heterocycles. The number of hydrogen-bond donors (Lipinski definition) is 6. The Kier molecular flexibility index (Phi) is 14.3. The molecule has 15 nitrogen and oxygen atoms in total. The minimum Gasteiger partial charge on any atom is -0.488 e. The van der Waals surface area contributed by atoms with E-state index in [1.165, 1.54) is 84.9 Å². The van der Waals surface area contributed by atoms with Gasteiger partial charge in [0, 0.05) is 28.2 Å². The topological polar surface area (TPSA) is 230 Å². The molecule has 1 atom stereocenters. The van der Waals surface area contributed by atoms with Gasteiger partial charge in [-0.15, -0.1) is 0 Å². The number of nitrogens with two attached hydrogens (primary N) is 2. The molecule has 0 heterocycles. The van der Waals surface area contributed by atoms with Crippen LogP contribution < -0.4 is 42.2 Å². The highest BCUT2D eigenvalue weighted by molar-refractivity contribution is 6.10. The maximum atomic E-state index is 13.5. The number of benzene rings is 4. The predicted molar refractivity (Wildman–Crippen MR) is 207 cm³/mol. The summed E-state index contributed by atoms with van der Waals surface area (Å²) in [6, 6.07) is 19.6. The molecule has 4 aromatic carbocycles. The van der Waals surface area contributed by atoms with E-state index in [0.717, 1.165) is 0 Å². The van der Waals surface area contributed by atoms with Crippen LogP contribution in [0.15, 0.2) is 110 Å². The molecule has 0 spiro atoms. The zero-order chi connectivity index (χ0) is 39.9. The van der Waals surface area contributed by atoms with Gasteiger partial charge in [0.15, 0.2) is 11.5 Å². The van der Waals surface area contributed by atoms with Crippen LogP contribution in [0.1, 0.15) is 54.8 Å². The van der Waals surface area contributed by atoms with E-state index < -0.39 is 48.0 Å². The first-order valence-electron chi connectivity index (χ1n) is 16.8. The first kappa shape index (κ1) is 40.4. The van der Waals surface area contributed by atoms with Crippen LogP contribution in [0.4, 0.5) is 22.7 Å². The van der Waals surface area contributed by atoms with Crippen LogP contribution >= 0.6 is 0 Å². The largest absolute Gasteiger partial charge is 0.488 e. The molecule has 15 heteroatoms. The SMILES string of the molecule is C=CCOC(=O)c1ccc(NC(=O)c2ccc(NC(=O)c3ccc(NC(=O)[C@H](CC(N)=O)NC(=O)c4ccc(N)cc4)cc3)c(OCC)c2OCC=C)cc1. The van der Waals surface area contributed by atoms with Crippen LogP contribution in [0.25, 0.3) is 0 Å². The van der Waals surface area contributed by atoms with Crippen molar-refractivity contribution >= 4 is 58.3 Å². The number of hydrogen-bond acceptors (Lipinski definition) is 10. The van der Waals surface area contributed by atoms with Crippen molar-refractivity contribution in [3.63, 3.8) is 0 Å². The monoisotopic (exact) mass is 748 g/mol. The number of primary amides is 1. The van der Waals surface area contributed by atoms with E-state index in [0.29, 0.717) is 11.4 Å². The number of ether oxygens (including phenoxy) is 3. The van der Waals surface area contributed by atoms with Crippen molar-refractivity contribution in [3.05, 3.63) is 132 Å². The molecule has 8 N–H and O–H groups in total. The van der Waals surface area contributed by atoms with Gasteiger partial charge in [0.2, 0.25) is 11.8 Å². The summed E-state index contributed by atoms with van der Waals surface area (Å²) in [6.07, 6.45) is 2.47. The molecule has 4 rings (SSSR count). The van der Waals surface area contributed by atoms with Gasteiger partial charge in [-0.2, -0.15) is 0 Å². The van der Waals surface area contributed by atoms with Gasteiger partial charge in [-0.25, -0.2) is 4.79 Å². The highest BCUT2D eigenvalue weighted by Crippen LogP contribution is 2.39. The third kappa shape index (κ3) is 11.3. The molecule has 0 radical (unpaired) electrons. The Bertz CT molecular complexity index is 2060. The lowest BCUT2D eigenvalue weighted by molar-refractivity contribution is -0.123. The van der Waals surface area contributed by atoms with E-state index in [1.807, 2.05) is 0 Å². The van der Waals surface area contributed by atoms with Crippen molar-refractivity contribution in [2.24, 2.45) is 5.73 Å². The molecule has 0 aliphatic rings. The summed E-state index contributed by atoms with van der Waals surface area (Å²) in [5.41, 5.74) is 13.1. The Morgan fingerprint density at radius 3 is 1.85 bits per heavy atom. The molecule has 0 saturated carbocycles. The first-order chi connectivity index (χ1) is 26.4. The summed E-state index contributed by atoms with van der Waals surface area (Å²) in [5.74, 6) is -3.63. The summed E-state index contributed by atoms with van der Waals surface area (Å²) in [6.45, 7) is 9.14. The summed E-state index contributed by atoms with van der Waals surface area (Å²) in [4.78, 5) is 76.4. The van der Waals surface area contributed by atoms with E-state index in [1.54, 1.807) is 19.1 Å². The summed E-state index contributed by atoms with van der Waals surface area (Å²) >= 11 is 0. The van der Waals surface area contributed by atoms with Crippen LogP contribution in [0.5, 0.6) is 11.5 Å². The molecule has 0 aliphatic heterocycles. The van der Waals surface area contributed by atoms with Gasteiger partial charge in [0.1, 0.15) is 19.3 Å². The quantitative estimate of drug-likeness (QED) is 0.0467. The standard InChI is InChI=1S/C40H40N6O9/c1-4-21-54-34-30(38(50)43-28-17-11-26(12-18-28)40(52)55-22-5-2)19-20-31(35(34)53-6-3)45-36(48)25-9-15-29(16-10-25)44-39(51)32(23-33(42)47)46-37(49)24-7-13-27(41)14-8-24/h4-5,7-20,32H,1-2,6,21-23,41H2,3H3,(H2,42,47)(H,43,50)(H,44,51)(H,45,48)(H,46,49)/t32-/m0/s1. The van der Waals surface area contributed by atoms with Gasteiger partial charge >= 0.3 is 5.97 Å². The Hall–Kier alpha value is -7.42. The summed E-state index contributed by atoms with van der Waals surface area (Å²) in [7, 11) is 0. The van der Waals surface area contributed by atoms with E-state index in [9.17, 15) is 28.8 Å². The molecule has 0 aliphatic carbocycles. The lowest BCUT2D eigenvalue weighted by atomic mass is 10.1. The molecular formula is C40H40N6O9. The zero-order valence-corrected chi connectivity index (χ0v) is 29.9. The molecule has 55 heavy (non-hydrogen) atoms. The number of carbonyl (C=O) groups is 6. The first-order valence-corrected chi connectivity index (χ1v) is 16.8. The molecule has 4 aromatic rings. The van der Waals surface area contributed by atoms with Crippen molar-refractivity contribution in [1.82, 2.24) is 5.32 Å². The molecular weight excluding hydrogens is 708 g/mol. The maximum Gasteiger partial charge on any atom is 0.338 e. The van der Waals surface area contributed by atoms with E-state index in [-0.39, 0.29) is 64.9 Å². The second-order valence-electron chi connectivity index (χ2n) is 11.6. The van der Waals surface area contributed by atoms with Gasteiger partial charge in [0.05, 0.1) is 29.8 Å². The highest BCUT2D eigenvalue weighted by Gasteiger charge is 2.25. The second kappa shape index (κ2) is 19.4. The smallest absolute Gasteiger partial charge is 0.338 e. The van der Waals surface area contributed by atoms with Gasteiger partial charge < -0.3 is 46.9 Å². The normalized spacial score (nSPS) is 10.9. The lowest BCUT2D eigenvalue weighted by Crippen LogP contribution is -2.46. The third-order valence-electron chi connectivity index (χ3n) is 7.56. The maximum absolute atomic E-state index is 13.5. The van der Waals surface area contributed by atoms with E-state index in [4.69, 9.17) is 25.7 Å². The third-order valence-corrected chi connectivity index (χ3v) is 7.56. The Balaban J connectivity index is 1.49. The van der Waals surface area contributed by atoms with Gasteiger partial charge in [-0.05, 0) is 91.9 Å². The average Bonchev–Trinajstić information content (AvgIpc) is 3.17. The highest BCUT2D eigenvalue weighted by atomic mass is 16.5. The van der Waals surface area contributed by atoms with Crippen molar-refractivity contribution < 1.29 is 43.0 Å². The Labute approximate surface area is 316 Å². The van der Waals surface area contributed by atoms with Crippen molar-refractivity contribution in [1.29, 1.82) is 0 Å². The number of amides is 5. The van der Waals surface area contributed by atoms with Crippen LogP contribution in [0.3, 0.4) is 0 Å². The molecule has 5 amide bonds. The summed E-state index contributed by atoms with van der Waals surface area (Å²) < 4.78 is 16.8. The summed E-state index contributed by atoms with van der Waals surface area (Å²) in [5, 5.41) is 10.6. The van der Waals surface area contributed by atoms with E-state index in [2.05, 4.69) is 34.4 Å². The van der Waals surface area contributed by atoms with Crippen molar-refractivity contribution in [2.75, 3.05) is 41.5 Å². The van der Waals surface area contributed by atoms with Crippen LogP contribution in [0.2, 0.25) is 0 Å². The molecule has 0 unspecified atom stereocenters. The number of anilines is 4. The van der Waals surface area contributed by atoms with E-state index >= 15 is 0 Å². The fourth-order valence-electron chi connectivity index (χ4n) is 4.93. The molecule has 0 fully saturated rings. The fourth-order valence-corrected chi connectivity index (χ4v) is 4.93. The van der Waals surface area contributed by atoms with Crippen LogP contribution in [-0.4, -0.2) is 61.4 Å². The zero-order valence-electron chi connectivity index (χ0n) is 29.9. The Morgan fingerprint density at radius 2 is 1.25 bits per heavy atom. The second-order valence-corrected chi connectivity index (χ2v) is 11.6. The number of carbonyl (C=O) groups excluding carboxylic acids is 6. The number of rotatable bonds is 18. The number of esters is 1. The van der Waals surface area contributed by atoms with Crippen molar-refractivity contribution in [2.45, 2.75) is 19.4 Å².